The van der Waals surface area contributed by atoms with Crippen LogP contribution in [0.15, 0.2) is 0 Å². The van der Waals surface area contributed by atoms with Gasteiger partial charge in [0.05, 0.1) is 0 Å². The topological polar surface area (TPSA) is 66.4 Å². The van der Waals surface area contributed by atoms with Gasteiger partial charge < -0.3 is 10.1 Å². The van der Waals surface area contributed by atoms with Gasteiger partial charge in [0.1, 0.15) is 5.78 Å². The lowest BCUT2D eigenvalue weighted by atomic mass is 10.1. The number of hydrogen-bond acceptors (Lipinski definition) is 3. The summed E-state index contributed by atoms with van der Waals surface area (Å²) in [4.78, 5) is 24.6. The van der Waals surface area contributed by atoms with Crippen molar-refractivity contribution in [2.24, 2.45) is 5.92 Å². The fourth-order valence-corrected chi connectivity index (χ4v) is 2.32. The molecule has 0 aliphatic carbocycles. The smallest absolute Gasteiger partial charge is 0.283 e. The molecule has 0 fully saturated rings. The Balaban J connectivity index is 3.85. The van der Waals surface area contributed by atoms with Crippen LogP contribution in [-0.2, 0) is 4.79 Å². The summed E-state index contributed by atoms with van der Waals surface area (Å²) in [6.07, 6.45) is 0.391. The van der Waals surface area contributed by atoms with Crippen LogP contribution >= 0.6 is 0 Å². The molecule has 76 valence electrons. The van der Waals surface area contributed by atoms with Crippen molar-refractivity contribution >= 4 is 20.3 Å². The van der Waals surface area contributed by atoms with Crippen LogP contribution in [0.4, 0.5) is 4.79 Å². The molecule has 13 heavy (non-hydrogen) atoms. The maximum absolute atomic E-state index is 11.2. The molecule has 0 amide bonds. The predicted octanol–water partition coefficient (Wildman–Crippen LogP) is 0.804. The van der Waals surface area contributed by atoms with E-state index in [-0.39, 0.29) is 11.7 Å². The van der Waals surface area contributed by atoms with Gasteiger partial charge >= 0.3 is 0 Å². The molecular formula is C8H17NO3Si. The summed E-state index contributed by atoms with van der Waals surface area (Å²) in [5.74, 6) is 0.161. The van der Waals surface area contributed by atoms with Crippen molar-refractivity contribution < 1.29 is 14.7 Å². The second kappa shape index (κ2) is 5.88. The van der Waals surface area contributed by atoms with Crippen molar-refractivity contribution in [1.29, 1.82) is 0 Å². The lowest BCUT2D eigenvalue weighted by Crippen LogP contribution is -2.38. The Morgan fingerprint density at radius 3 is 2.31 bits per heavy atom. The third kappa shape index (κ3) is 4.79. The minimum absolute atomic E-state index is 0.0142. The van der Waals surface area contributed by atoms with E-state index in [4.69, 9.17) is 5.11 Å². The maximum Gasteiger partial charge on any atom is 0.283 e. The van der Waals surface area contributed by atoms with Gasteiger partial charge in [-0.3, -0.25) is 9.59 Å². The normalized spacial score (nSPS) is 12.9. The number of Topliss-reactive ketones (excluding diaryl/α,β-unsaturated/α-hetero) is 1. The molecule has 0 aliphatic rings. The Morgan fingerprint density at radius 2 is 2.00 bits per heavy atom. The van der Waals surface area contributed by atoms with Crippen LogP contribution in [-0.4, -0.2) is 32.5 Å². The van der Waals surface area contributed by atoms with Crippen LogP contribution in [0.5, 0.6) is 0 Å². The van der Waals surface area contributed by atoms with Gasteiger partial charge in [0.2, 0.25) is 8.96 Å². The predicted molar refractivity (Wildman–Crippen MR) is 53.5 cm³/mol. The highest BCUT2D eigenvalue weighted by Crippen LogP contribution is 2.04. The van der Waals surface area contributed by atoms with Crippen LogP contribution in [0.1, 0.15) is 20.3 Å². The molecule has 2 N–H and O–H groups in total. The van der Waals surface area contributed by atoms with E-state index < -0.39 is 14.6 Å². The highest BCUT2D eigenvalue weighted by molar-refractivity contribution is 6.86. The number of hydrogen-bond donors (Lipinski definition) is 2. The largest absolute Gasteiger partial charge is 0.485 e. The van der Waals surface area contributed by atoms with Crippen molar-refractivity contribution in [1.82, 2.24) is 4.98 Å². The van der Waals surface area contributed by atoms with Crippen molar-refractivity contribution in [3.63, 3.8) is 0 Å². The minimum atomic E-state index is -1.94. The first-order valence-electron chi connectivity index (χ1n) is 4.41. The molecule has 0 bridgehead atoms. The molecule has 0 radical (unpaired) electrons. The van der Waals surface area contributed by atoms with Gasteiger partial charge in [0, 0.05) is 12.3 Å². The molecular weight excluding hydrogens is 186 g/mol. The quantitative estimate of drug-likeness (QED) is 0.627. The van der Waals surface area contributed by atoms with Crippen LogP contribution in [0.2, 0.25) is 6.04 Å². The molecule has 0 rings (SSSR count). The van der Waals surface area contributed by atoms with Crippen molar-refractivity contribution in [2.75, 3.05) is 7.05 Å². The molecule has 4 nitrogen and oxygen atoms in total. The van der Waals surface area contributed by atoms with E-state index in [0.29, 0.717) is 12.5 Å². The molecule has 0 aromatic heterocycles. The molecule has 0 heterocycles. The highest BCUT2D eigenvalue weighted by Gasteiger charge is 2.19. The van der Waals surface area contributed by atoms with Gasteiger partial charge in [-0.05, 0) is 13.1 Å². The average molecular weight is 203 g/mol. The third-order valence-electron chi connectivity index (χ3n) is 1.97. The fraction of sp³-hybridized carbons (Fsp3) is 0.750. The Morgan fingerprint density at radius 1 is 1.46 bits per heavy atom. The zero-order valence-electron chi connectivity index (χ0n) is 8.33. The average Bonchev–Trinajstić information content (AvgIpc) is 2.04. The van der Waals surface area contributed by atoms with E-state index in [9.17, 15) is 9.59 Å². The van der Waals surface area contributed by atoms with Crippen molar-refractivity contribution in [3.8, 4) is 0 Å². The van der Waals surface area contributed by atoms with E-state index in [1.54, 1.807) is 7.05 Å². The number of nitrogens with one attached hydrogen (secondary N) is 1. The van der Waals surface area contributed by atoms with Crippen LogP contribution in [0.25, 0.3) is 0 Å². The first-order chi connectivity index (χ1) is 5.99. The van der Waals surface area contributed by atoms with Gasteiger partial charge in [-0.1, -0.05) is 13.8 Å². The van der Waals surface area contributed by atoms with E-state index in [1.807, 2.05) is 13.8 Å². The molecule has 0 saturated heterocycles. The number of carbonyl (C=O) groups excluding carboxylic acids is 1. The Bertz CT molecular complexity index is 194. The van der Waals surface area contributed by atoms with E-state index in [2.05, 4.69) is 4.98 Å². The van der Waals surface area contributed by atoms with E-state index >= 15 is 0 Å². The summed E-state index contributed by atoms with van der Waals surface area (Å²) in [6, 6.07) is 0.503. The van der Waals surface area contributed by atoms with Gasteiger partial charge in [-0.2, -0.15) is 0 Å². The van der Waals surface area contributed by atoms with Gasteiger partial charge in [0.25, 0.3) is 5.59 Å². The fourth-order valence-electron chi connectivity index (χ4n) is 0.967. The summed E-state index contributed by atoms with van der Waals surface area (Å²) >= 11 is 0. The highest BCUT2D eigenvalue weighted by atomic mass is 28.3. The Labute approximate surface area is 80.0 Å². The molecule has 0 saturated carbocycles. The summed E-state index contributed by atoms with van der Waals surface area (Å²) in [5, 5.41) is 8.71. The SMILES string of the molecule is CN[Si@@H](CCC(=O)C(C)C)C(=O)O. The van der Waals surface area contributed by atoms with Crippen LogP contribution in [0, 0.1) is 5.92 Å². The molecule has 0 unspecified atom stereocenters. The monoisotopic (exact) mass is 203 g/mol. The number of carboxylic acid groups (broad SMARTS) is 1. The number of ketones is 1. The number of carbonyl (C=O) groups is 2. The molecule has 0 aromatic carbocycles. The van der Waals surface area contributed by atoms with Crippen LogP contribution < -0.4 is 4.98 Å². The summed E-state index contributed by atoms with van der Waals surface area (Å²) < 4.78 is 0. The molecule has 0 spiro atoms. The first-order valence-corrected chi connectivity index (χ1v) is 6.39. The molecule has 1 atom stereocenters. The standard InChI is InChI=1S/C8H17NO3Si/c1-6(2)7(10)4-5-13(9-3)8(11)12/h6,9,13H,4-5H2,1-3H3,(H,11,12)/t13-/m0/s1. The van der Waals surface area contributed by atoms with Crippen molar-refractivity contribution in [3.05, 3.63) is 0 Å². The van der Waals surface area contributed by atoms with Crippen molar-refractivity contribution in [2.45, 2.75) is 26.3 Å². The van der Waals surface area contributed by atoms with Gasteiger partial charge in [0.15, 0.2) is 0 Å². The third-order valence-corrected chi connectivity index (χ3v) is 4.13. The lowest BCUT2D eigenvalue weighted by Gasteiger charge is -2.08. The molecule has 0 aliphatic heterocycles. The first kappa shape index (κ1) is 12.3. The molecule has 5 heteroatoms. The summed E-state index contributed by atoms with van der Waals surface area (Å²) in [5.41, 5.74) is -0.765. The van der Waals surface area contributed by atoms with E-state index in [0.717, 1.165) is 0 Å². The molecule has 0 aromatic rings. The zero-order valence-corrected chi connectivity index (χ0v) is 9.49. The van der Waals surface area contributed by atoms with Gasteiger partial charge in [-0.25, -0.2) is 0 Å². The minimum Gasteiger partial charge on any atom is -0.485 e. The lowest BCUT2D eigenvalue weighted by molar-refractivity contribution is -0.121. The van der Waals surface area contributed by atoms with E-state index in [1.165, 1.54) is 0 Å². The van der Waals surface area contributed by atoms with Gasteiger partial charge in [-0.15, -0.1) is 0 Å². The maximum atomic E-state index is 11.2. The number of rotatable bonds is 6. The second-order valence-corrected chi connectivity index (χ2v) is 6.09. The zero-order chi connectivity index (χ0) is 10.4. The summed E-state index contributed by atoms with van der Waals surface area (Å²) in [6.45, 7) is 3.66. The summed E-state index contributed by atoms with van der Waals surface area (Å²) in [7, 11) is -0.294. The van der Waals surface area contributed by atoms with Crippen LogP contribution in [0.3, 0.4) is 0 Å². The Hall–Kier alpha value is -0.683. The second-order valence-electron chi connectivity index (χ2n) is 3.34. The Kier molecular flexibility index (Phi) is 5.57.